The monoisotopic (exact) mass is 258 g/mol. The number of anilines is 1. The van der Waals surface area contributed by atoms with Crippen LogP contribution < -0.4 is 10.1 Å². The molecule has 0 unspecified atom stereocenters. The van der Waals surface area contributed by atoms with Crippen LogP contribution in [-0.2, 0) is 6.42 Å². The number of ether oxygens (including phenoxy) is 1. The maximum atomic E-state index is 5.06. The number of methoxy groups -OCH3 is 1. The van der Waals surface area contributed by atoms with E-state index in [9.17, 15) is 0 Å². The van der Waals surface area contributed by atoms with Gasteiger partial charge in [0, 0.05) is 37.4 Å². The van der Waals surface area contributed by atoms with Gasteiger partial charge in [0.1, 0.15) is 11.6 Å². The first kappa shape index (κ1) is 13.3. The summed E-state index contributed by atoms with van der Waals surface area (Å²) in [6.07, 6.45) is 3.65. The molecule has 5 nitrogen and oxygen atoms in total. The first-order valence-electron chi connectivity index (χ1n) is 6.33. The van der Waals surface area contributed by atoms with Gasteiger partial charge in [0.05, 0.1) is 12.8 Å². The fraction of sp³-hybridized carbons (Fsp3) is 0.357. The molecule has 0 aliphatic rings. The van der Waals surface area contributed by atoms with Crippen molar-refractivity contribution in [3.63, 3.8) is 0 Å². The Balaban J connectivity index is 2.38. The van der Waals surface area contributed by atoms with Crippen molar-refractivity contribution in [2.75, 3.05) is 19.5 Å². The minimum Gasteiger partial charge on any atom is -0.481 e. The van der Waals surface area contributed by atoms with Crippen molar-refractivity contribution < 1.29 is 4.74 Å². The molecule has 0 aromatic carbocycles. The highest BCUT2D eigenvalue weighted by Crippen LogP contribution is 2.21. The predicted molar refractivity (Wildman–Crippen MR) is 75.4 cm³/mol. The molecule has 0 bridgehead atoms. The van der Waals surface area contributed by atoms with E-state index in [0.717, 1.165) is 35.7 Å². The Bertz CT molecular complexity index is 540. The standard InChI is InChI=1S/C14H18N4O/c1-4-5-12-17-11(8-13(15-2)18-12)10-6-7-14(19-3)16-9-10/h6-9H,4-5H2,1-3H3,(H,15,17,18). The van der Waals surface area contributed by atoms with E-state index < -0.39 is 0 Å². The molecule has 2 heterocycles. The molecule has 0 aliphatic carbocycles. The van der Waals surface area contributed by atoms with Crippen molar-refractivity contribution in [2.45, 2.75) is 19.8 Å². The van der Waals surface area contributed by atoms with E-state index in [1.807, 2.05) is 25.2 Å². The molecule has 0 fully saturated rings. The maximum Gasteiger partial charge on any atom is 0.212 e. The van der Waals surface area contributed by atoms with Gasteiger partial charge in [-0.1, -0.05) is 6.92 Å². The molecule has 0 saturated heterocycles. The van der Waals surface area contributed by atoms with Gasteiger partial charge in [-0.05, 0) is 12.5 Å². The van der Waals surface area contributed by atoms with Crippen LogP contribution in [0.15, 0.2) is 24.4 Å². The average Bonchev–Trinajstić information content (AvgIpc) is 2.47. The van der Waals surface area contributed by atoms with Crippen LogP contribution >= 0.6 is 0 Å². The smallest absolute Gasteiger partial charge is 0.212 e. The van der Waals surface area contributed by atoms with E-state index in [-0.39, 0.29) is 0 Å². The third-order valence-corrected chi connectivity index (χ3v) is 2.74. The molecule has 0 radical (unpaired) electrons. The molecular weight excluding hydrogens is 240 g/mol. The van der Waals surface area contributed by atoms with Crippen LogP contribution in [0.25, 0.3) is 11.3 Å². The minimum atomic E-state index is 0.598. The average molecular weight is 258 g/mol. The van der Waals surface area contributed by atoms with Gasteiger partial charge in [-0.2, -0.15) is 0 Å². The number of hydrogen-bond donors (Lipinski definition) is 1. The summed E-state index contributed by atoms with van der Waals surface area (Å²) >= 11 is 0. The number of rotatable bonds is 5. The quantitative estimate of drug-likeness (QED) is 0.893. The van der Waals surface area contributed by atoms with Crippen LogP contribution in [0, 0.1) is 0 Å². The van der Waals surface area contributed by atoms with Crippen LogP contribution in [0.1, 0.15) is 19.2 Å². The van der Waals surface area contributed by atoms with E-state index in [4.69, 9.17) is 4.74 Å². The minimum absolute atomic E-state index is 0.598. The second kappa shape index (κ2) is 6.13. The van der Waals surface area contributed by atoms with Gasteiger partial charge >= 0.3 is 0 Å². The van der Waals surface area contributed by atoms with E-state index in [1.165, 1.54) is 0 Å². The van der Waals surface area contributed by atoms with Gasteiger partial charge in [-0.15, -0.1) is 0 Å². The molecule has 0 aliphatic heterocycles. The molecule has 0 spiro atoms. The molecule has 2 aromatic rings. The molecule has 0 saturated carbocycles. The van der Waals surface area contributed by atoms with Gasteiger partial charge in [0.25, 0.3) is 0 Å². The summed E-state index contributed by atoms with van der Waals surface area (Å²) < 4.78 is 5.06. The van der Waals surface area contributed by atoms with Crippen LogP contribution in [0.3, 0.4) is 0 Å². The third kappa shape index (κ3) is 3.19. The SMILES string of the molecule is CCCc1nc(NC)cc(-c2ccc(OC)nc2)n1. The molecule has 0 amide bonds. The predicted octanol–water partition coefficient (Wildman–Crippen LogP) is 2.54. The number of hydrogen-bond acceptors (Lipinski definition) is 5. The van der Waals surface area contributed by atoms with Gasteiger partial charge < -0.3 is 10.1 Å². The molecule has 2 rings (SSSR count). The lowest BCUT2D eigenvalue weighted by atomic mass is 10.2. The van der Waals surface area contributed by atoms with Crippen LogP contribution in [0.4, 0.5) is 5.82 Å². The third-order valence-electron chi connectivity index (χ3n) is 2.74. The molecule has 0 atom stereocenters. The zero-order chi connectivity index (χ0) is 13.7. The summed E-state index contributed by atoms with van der Waals surface area (Å²) in [5.41, 5.74) is 1.83. The van der Waals surface area contributed by atoms with Gasteiger partial charge in [-0.3, -0.25) is 0 Å². The van der Waals surface area contributed by atoms with E-state index >= 15 is 0 Å². The van der Waals surface area contributed by atoms with Gasteiger partial charge in [0.2, 0.25) is 5.88 Å². The fourth-order valence-corrected chi connectivity index (χ4v) is 1.76. The zero-order valence-electron chi connectivity index (χ0n) is 11.5. The van der Waals surface area contributed by atoms with Gasteiger partial charge in [-0.25, -0.2) is 15.0 Å². The topological polar surface area (TPSA) is 59.9 Å². The lowest BCUT2D eigenvalue weighted by Gasteiger charge is -2.07. The molecule has 2 aromatic heterocycles. The van der Waals surface area contributed by atoms with Crippen LogP contribution in [0.2, 0.25) is 0 Å². The zero-order valence-corrected chi connectivity index (χ0v) is 11.5. The number of nitrogens with one attached hydrogen (secondary N) is 1. The fourth-order valence-electron chi connectivity index (χ4n) is 1.76. The van der Waals surface area contributed by atoms with E-state index in [2.05, 4.69) is 27.2 Å². The molecule has 1 N–H and O–H groups in total. The normalized spacial score (nSPS) is 10.3. The first-order valence-corrected chi connectivity index (χ1v) is 6.33. The highest BCUT2D eigenvalue weighted by atomic mass is 16.5. The summed E-state index contributed by atoms with van der Waals surface area (Å²) in [7, 11) is 3.46. The largest absolute Gasteiger partial charge is 0.481 e. The number of nitrogens with zero attached hydrogens (tertiary/aromatic N) is 3. The Morgan fingerprint density at radius 3 is 2.68 bits per heavy atom. The van der Waals surface area contributed by atoms with Crippen molar-refractivity contribution in [3.8, 4) is 17.1 Å². The highest BCUT2D eigenvalue weighted by Gasteiger charge is 2.06. The van der Waals surface area contributed by atoms with Gasteiger partial charge in [0.15, 0.2) is 0 Å². The van der Waals surface area contributed by atoms with Crippen molar-refractivity contribution in [3.05, 3.63) is 30.2 Å². The molecule has 19 heavy (non-hydrogen) atoms. The maximum absolute atomic E-state index is 5.06. The summed E-state index contributed by atoms with van der Waals surface area (Å²) in [5, 5.41) is 3.06. The summed E-state index contributed by atoms with van der Waals surface area (Å²) in [6, 6.07) is 5.70. The van der Waals surface area contributed by atoms with Crippen molar-refractivity contribution in [1.82, 2.24) is 15.0 Å². The Labute approximate surface area is 113 Å². The highest BCUT2D eigenvalue weighted by molar-refractivity contribution is 5.61. The Kier molecular flexibility index (Phi) is 4.28. The second-order valence-electron chi connectivity index (χ2n) is 4.14. The Morgan fingerprint density at radius 2 is 2.11 bits per heavy atom. The van der Waals surface area contributed by atoms with Crippen molar-refractivity contribution >= 4 is 5.82 Å². The molecule has 5 heteroatoms. The lowest BCUT2D eigenvalue weighted by molar-refractivity contribution is 0.398. The summed E-state index contributed by atoms with van der Waals surface area (Å²) in [4.78, 5) is 13.2. The van der Waals surface area contributed by atoms with Crippen LogP contribution in [-0.4, -0.2) is 29.1 Å². The number of aromatic nitrogens is 3. The Hall–Kier alpha value is -2.17. The van der Waals surface area contributed by atoms with Crippen LogP contribution in [0.5, 0.6) is 5.88 Å². The van der Waals surface area contributed by atoms with E-state index in [1.54, 1.807) is 13.3 Å². The lowest BCUT2D eigenvalue weighted by Crippen LogP contribution is -2.01. The van der Waals surface area contributed by atoms with E-state index in [0.29, 0.717) is 5.88 Å². The molecular formula is C14H18N4O. The second-order valence-corrected chi connectivity index (χ2v) is 4.14. The summed E-state index contributed by atoms with van der Waals surface area (Å²) in [5.74, 6) is 2.27. The van der Waals surface area contributed by atoms with Crippen molar-refractivity contribution in [2.24, 2.45) is 0 Å². The number of pyridine rings is 1. The summed E-state index contributed by atoms with van der Waals surface area (Å²) in [6.45, 7) is 2.12. The number of aryl methyl sites for hydroxylation is 1. The van der Waals surface area contributed by atoms with Crippen molar-refractivity contribution in [1.29, 1.82) is 0 Å². The Morgan fingerprint density at radius 1 is 1.26 bits per heavy atom. The first-order chi connectivity index (χ1) is 9.26. The molecule has 100 valence electrons.